The Bertz CT molecular complexity index is 66.3. The predicted molar refractivity (Wildman–Crippen MR) is 45.3 cm³/mol. The van der Waals surface area contributed by atoms with Crippen LogP contribution in [0.4, 0.5) is 0 Å². The summed E-state index contributed by atoms with van der Waals surface area (Å²) in [5, 5.41) is 0. The van der Waals surface area contributed by atoms with Crippen LogP contribution in [0.1, 0.15) is 0 Å². The zero-order chi connectivity index (χ0) is 6.73. The van der Waals surface area contributed by atoms with Crippen molar-refractivity contribution in [1.82, 2.24) is 2.22 Å². The molecule has 0 atom stereocenters. The Labute approximate surface area is 95.1 Å². The van der Waals surface area contributed by atoms with E-state index in [-0.39, 0.29) is 42.7 Å². The maximum Gasteiger partial charge on any atom is -1.00 e. The Morgan fingerprint density at radius 3 is 1.10 bits per heavy atom. The molecule has 0 spiro atoms. The van der Waals surface area contributed by atoms with Crippen molar-refractivity contribution in [3.63, 3.8) is 0 Å². The van der Waals surface area contributed by atoms with Crippen LogP contribution in [-0.4, -0.2) is 44.8 Å². The first-order valence-electron chi connectivity index (χ1n) is 3.08. The van der Waals surface area contributed by atoms with Gasteiger partial charge >= 0.3 is 71.0 Å². The standard InChI is InChI=1S/C4H14NSi2.2ClH.In/c1-6(2)5-7(3)4;;;/h6-7H,1-4H3;2*1H;/q-1;;;+3/p-2. The van der Waals surface area contributed by atoms with Crippen LogP contribution in [0.3, 0.4) is 0 Å². The molecule has 0 aromatic rings. The summed E-state index contributed by atoms with van der Waals surface area (Å²) in [6.07, 6.45) is 0. The summed E-state index contributed by atoms with van der Waals surface area (Å²) >= 11 is 1.38. The molecule has 1 nitrogen and oxygen atoms in total. The summed E-state index contributed by atoms with van der Waals surface area (Å²) < 4.78 is 2.74. The number of halogens is 2. The molecule has 0 aliphatic carbocycles. The fraction of sp³-hybridized carbons (Fsp3) is 1.00. The molecule has 0 bridgehead atoms. The van der Waals surface area contributed by atoms with E-state index in [4.69, 9.17) is 0 Å². The fourth-order valence-corrected chi connectivity index (χ4v) is 5.37. The molecule has 60 valence electrons. The average Bonchev–Trinajstić information content (AvgIpc) is 1.64. The SMILES string of the molecule is C[SiH](C)[N]([In+2])[SiH](C)C.[Cl-].[Cl-]. The molecule has 0 aliphatic rings. The Balaban J connectivity index is -0.000000245. The molecule has 0 rings (SSSR count). The number of rotatable bonds is 2. The topological polar surface area (TPSA) is 3.24 Å². The molecule has 0 radical (unpaired) electrons. The molecule has 6 heteroatoms. The van der Waals surface area contributed by atoms with Gasteiger partial charge in [0, 0.05) is 0 Å². The van der Waals surface area contributed by atoms with Gasteiger partial charge in [0.15, 0.2) is 0 Å². The molecule has 0 aliphatic heterocycles. The quantitative estimate of drug-likeness (QED) is 0.459. The van der Waals surface area contributed by atoms with Gasteiger partial charge in [-0.1, -0.05) is 0 Å². The van der Waals surface area contributed by atoms with Crippen molar-refractivity contribution >= 4 is 42.6 Å². The minimum atomic E-state index is -0.370. The van der Waals surface area contributed by atoms with Crippen LogP contribution >= 0.6 is 0 Å². The van der Waals surface area contributed by atoms with Crippen LogP contribution in [0, 0.1) is 0 Å². The van der Waals surface area contributed by atoms with E-state index in [2.05, 4.69) is 28.4 Å². The first kappa shape index (κ1) is 17.8. The Morgan fingerprint density at radius 1 is 0.900 bits per heavy atom. The molecule has 0 saturated heterocycles. The summed E-state index contributed by atoms with van der Waals surface area (Å²) in [5.41, 5.74) is 0. The number of nitrogens with zero attached hydrogens (tertiary/aromatic N) is 1. The van der Waals surface area contributed by atoms with Crippen LogP contribution in [-0.2, 0) is 0 Å². The van der Waals surface area contributed by atoms with Crippen molar-refractivity contribution in [2.24, 2.45) is 0 Å². The molecule has 0 unspecified atom stereocenters. The summed E-state index contributed by atoms with van der Waals surface area (Å²) in [4.78, 5) is 0. The molecular formula is C4H14Cl2InNSi2. The summed E-state index contributed by atoms with van der Waals surface area (Å²) in [7, 11) is -0.739. The van der Waals surface area contributed by atoms with Gasteiger partial charge in [0.05, 0.1) is 0 Å². The second kappa shape index (κ2) is 8.94. The summed E-state index contributed by atoms with van der Waals surface area (Å²) in [6.45, 7) is 9.66. The second-order valence-corrected chi connectivity index (χ2v) is 13.9. The van der Waals surface area contributed by atoms with E-state index in [1.807, 2.05) is 0 Å². The van der Waals surface area contributed by atoms with Gasteiger partial charge in [0.25, 0.3) is 0 Å². The van der Waals surface area contributed by atoms with Gasteiger partial charge in [-0.15, -0.1) is 0 Å². The van der Waals surface area contributed by atoms with Crippen LogP contribution in [0.25, 0.3) is 0 Å². The van der Waals surface area contributed by atoms with E-state index in [1.165, 1.54) is 24.7 Å². The minimum Gasteiger partial charge on any atom is -1.00 e. The van der Waals surface area contributed by atoms with Crippen LogP contribution < -0.4 is 24.8 Å². The van der Waals surface area contributed by atoms with Gasteiger partial charge in [-0.05, 0) is 0 Å². The predicted octanol–water partition coefficient (Wildman–Crippen LogP) is -5.65. The number of hydrogen-bond donors (Lipinski definition) is 0. The molecule has 0 saturated carbocycles. The third-order valence-corrected chi connectivity index (χ3v) is 17.4. The third-order valence-electron chi connectivity index (χ3n) is 1.19. The Hall–Kier alpha value is 1.84. The van der Waals surface area contributed by atoms with Crippen LogP contribution in [0.15, 0.2) is 0 Å². The van der Waals surface area contributed by atoms with Gasteiger partial charge in [-0.2, -0.15) is 0 Å². The van der Waals surface area contributed by atoms with Crippen molar-refractivity contribution in [3.05, 3.63) is 0 Å². The third kappa shape index (κ3) is 7.95. The molecule has 0 aromatic heterocycles. The van der Waals surface area contributed by atoms with E-state index in [0.717, 1.165) is 0 Å². The van der Waals surface area contributed by atoms with E-state index in [0.29, 0.717) is 0 Å². The largest absolute Gasteiger partial charge is 1.00 e. The van der Waals surface area contributed by atoms with Gasteiger partial charge in [-0.25, -0.2) is 0 Å². The minimum absolute atomic E-state index is 0. The average molecular weight is 318 g/mol. The molecular weight excluding hydrogens is 304 g/mol. The van der Waals surface area contributed by atoms with Gasteiger partial charge in [0.1, 0.15) is 0 Å². The van der Waals surface area contributed by atoms with Gasteiger partial charge < -0.3 is 24.8 Å². The van der Waals surface area contributed by atoms with Gasteiger partial charge in [0.2, 0.25) is 0 Å². The molecule has 0 heterocycles. The normalized spacial score (nSPS) is 9.70. The monoisotopic (exact) mass is 317 g/mol. The molecule has 0 fully saturated rings. The van der Waals surface area contributed by atoms with Crippen molar-refractivity contribution in [3.8, 4) is 0 Å². The first-order valence-corrected chi connectivity index (χ1v) is 10.2. The zero-order valence-electron chi connectivity index (χ0n) is 6.94. The van der Waals surface area contributed by atoms with E-state index < -0.39 is 0 Å². The molecule has 10 heavy (non-hydrogen) atoms. The molecule has 0 amide bonds. The summed E-state index contributed by atoms with van der Waals surface area (Å²) in [6, 6.07) is 0. The van der Waals surface area contributed by atoms with E-state index in [1.54, 1.807) is 0 Å². The van der Waals surface area contributed by atoms with Crippen molar-refractivity contribution < 1.29 is 24.8 Å². The van der Waals surface area contributed by atoms with Crippen LogP contribution in [0.2, 0.25) is 26.2 Å². The first-order chi connectivity index (χ1) is 3.55. The second-order valence-electron chi connectivity index (χ2n) is 2.63. The van der Waals surface area contributed by atoms with Crippen LogP contribution in [0.5, 0.6) is 0 Å². The van der Waals surface area contributed by atoms with Gasteiger partial charge in [-0.3, -0.25) is 0 Å². The zero-order valence-corrected chi connectivity index (χ0v) is 14.1. The Kier molecular flexibility index (Phi) is 15.9. The Morgan fingerprint density at radius 2 is 1.10 bits per heavy atom. The maximum absolute atomic E-state index is 2.74. The molecule has 0 N–H and O–H groups in total. The van der Waals surface area contributed by atoms with E-state index >= 15 is 0 Å². The van der Waals surface area contributed by atoms with Crippen molar-refractivity contribution in [1.29, 1.82) is 0 Å². The number of hydrogen-bond acceptors (Lipinski definition) is 1. The van der Waals surface area contributed by atoms with Crippen molar-refractivity contribution in [2.45, 2.75) is 26.2 Å². The summed E-state index contributed by atoms with van der Waals surface area (Å²) in [5.74, 6) is 0. The van der Waals surface area contributed by atoms with E-state index in [9.17, 15) is 0 Å². The smallest absolute Gasteiger partial charge is 1.00 e. The van der Waals surface area contributed by atoms with Crippen molar-refractivity contribution in [2.75, 3.05) is 0 Å². The fourth-order valence-electron chi connectivity index (χ4n) is 0.596. The maximum atomic E-state index is 2.74. The molecule has 0 aromatic carbocycles.